The Hall–Kier alpha value is -1.22. The Labute approximate surface area is 116 Å². The van der Waals surface area contributed by atoms with Crippen LogP contribution >= 0.6 is 0 Å². The number of benzene rings is 1. The molecular formula is C16H26N2O. The van der Waals surface area contributed by atoms with Gasteiger partial charge in [-0.1, -0.05) is 25.8 Å². The molecule has 1 aliphatic rings. The normalized spacial score (nSPS) is 15.8. The van der Waals surface area contributed by atoms with Crippen LogP contribution in [-0.2, 0) is 6.42 Å². The lowest BCUT2D eigenvalue weighted by atomic mass is 10.1. The van der Waals surface area contributed by atoms with Gasteiger partial charge in [0, 0.05) is 6.04 Å². The van der Waals surface area contributed by atoms with Gasteiger partial charge in [-0.2, -0.15) is 0 Å². The van der Waals surface area contributed by atoms with Crippen LogP contribution in [0.25, 0.3) is 0 Å². The predicted octanol–water partition coefficient (Wildman–Crippen LogP) is 3.13. The topological polar surface area (TPSA) is 47.3 Å². The molecule has 106 valence electrons. The SMILES string of the molecule is CCCOc1ccc(CCNC2CCCC2)cc1N. The fraction of sp³-hybridized carbons (Fsp3) is 0.625. The first-order chi connectivity index (χ1) is 9.29. The number of rotatable bonds is 7. The smallest absolute Gasteiger partial charge is 0.142 e. The van der Waals surface area contributed by atoms with Crippen molar-refractivity contribution in [3.05, 3.63) is 23.8 Å². The van der Waals surface area contributed by atoms with Crippen LogP contribution in [0.5, 0.6) is 5.75 Å². The van der Waals surface area contributed by atoms with Crippen molar-refractivity contribution in [3.63, 3.8) is 0 Å². The van der Waals surface area contributed by atoms with Gasteiger partial charge in [-0.3, -0.25) is 0 Å². The highest BCUT2D eigenvalue weighted by Gasteiger charge is 2.13. The lowest BCUT2D eigenvalue weighted by Crippen LogP contribution is -2.27. The second kappa shape index (κ2) is 7.39. The summed E-state index contributed by atoms with van der Waals surface area (Å²) in [6.45, 7) is 3.87. The zero-order chi connectivity index (χ0) is 13.5. The molecule has 0 spiro atoms. The summed E-state index contributed by atoms with van der Waals surface area (Å²) in [6.07, 6.45) is 7.49. The summed E-state index contributed by atoms with van der Waals surface area (Å²) in [4.78, 5) is 0. The van der Waals surface area contributed by atoms with Crippen LogP contribution in [0, 0.1) is 0 Å². The summed E-state index contributed by atoms with van der Waals surface area (Å²) in [7, 11) is 0. The Morgan fingerprint density at radius 3 is 2.79 bits per heavy atom. The maximum Gasteiger partial charge on any atom is 0.142 e. The molecule has 1 aliphatic carbocycles. The summed E-state index contributed by atoms with van der Waals surface area (Å²) in [5.41, 5.74) is 8.05. The second-order valence-corrected chi connectivity index (χ2v) is 5.41. The van der Waals surface area contributed by atoms with E-state index in [2.05, 4.69) is 18.3 Å². The van der Waals surface area contributed by atoms with Crippen molar-refractivity contribution in [2.45, 2.75) is 51.5 Å². The average Bonchev–Trinajstić information content (AvgIpc) is 2.91. The Morgan fingerprint density at radius 2 is 2.11 bits per heavy atom. The molecule has 3 N–H and O–H groups in total. The minimum atomic E-state index is 0.729. The minimum Gasteiger partial charge on any atom is -0.491 e. The van der Waals surface area contributed by atoms with Gasteiger partial charge in [0.25, 0.3) is 0 Å². The molecule has 0 aliphatic heterocycles. The second-order valence-electron chi connectivity index (χ2n) is 5.41. The molecule has 0 aromatic heterocycles. The van der Waals surface area contributed by atoms with Crippen molar-refractivity contribution in [2.24, 2.45) is 0 Å². The van der Waals surface area contributed by atoms with Gasteiger partial charge in [-0.05, 0) is 49.9 Å². The monoisotopic (exact) mass is 262 g/mol. The molecule has 0 saturated heterocycles. The molecule has 1 aromatic rings. The third kappa shape index (κ3) is 4.43. The van der Waals surface area contributed by atoms with Gasteiger partial charge in [0.05, 0.1) is 12.3 Å². The van der Waals surface area contributed by atoms with E-state index in [0.29, 0.717) is 0 Å². The number of hydrogen-bond acceptors (Lipinski definition) is 3. The Morgan fingerprint density at radius 1 is 1.32 bits per heavy atom. The molecule has 0 bridgehead atoms. The van der Waals surface area contributed by atoms with E-state index in [1.807, 2.05) is 12.1 Å². The fourth-order valence-corrected chi connectivity index (χ4v) is 2.65. The molecule has 0 radical (unpaired) electrons. The van der Waals surface area contributed by atoms with Crippen LogP contribution in [0.4, 0.5) is 5.69 Å². The van der Waals surface area contributed by atoms with Gasteiger partial charge in [0.15, 0.2) is 0 Å². The minimum absolute atomic E-state index is 0.729. The Kier molecular flexibility index (Phi) is 5.52. The van der Waals surface area contributed by atoms with Crippen molar-refractivity contribution < 1.29 is 4.74 Å². The van der Waals surface area contributed by atoms with Crippen molar-refractivity contribution in [3.8, 4) is 5.75 Å². The molecule has 0 heterocycles. The Bertz CT molecular complexity index is 386. The first kappa shape index (κ1) is 14.2. The molecule has 3 heteroatoms. The third-order valence-corrected chi connectivity index (χ3v) is 3.74. The van der Waals surface area contributed by atoms with Crippen LogP contribution < -0.4 is 15.8 Å². The molecule has 0 unspecified atom stereocenters. The summed E-state index contributed by atoms with van der Waals surface area (Å²) in [5, 5.41) is 3.63. The standard InChI is InChI=1S/C16H26N2O/c1-2-11-19-16-8-7-13(12-15(16)17)9-10-18-14-5-3-4-6-14/h7-8,12,14,18H,2-6,9-11,17H2,1H3. The van der Waals surface area contributed by atoms with Gasteiger partial charge in [0.1, 0.15) is 5.75 Å². The summed E-state index contributed by atoms with van der Waals surface area (Å²) in [6, 6.07) is 6.90. The van der Waals surface area contributed by atoms with Gasteiger partial charge in [-0.25, -0.2) is 0 Å². The van der Waals surface area contributed by atoms with E-state index >= 15 is 0 Å². The number of nitrogen functional groups attached to an aromatic ring is 1. The first-order valence-electron chi connectivity index (χ1n) is 7.54. The summed E-state index contributed by atoms with van der Waals surface area (Å²) >= 11 is 0. The summed E-state index contributed by atoms with van der Waals surface area (Å²) < 4.78 is 5.59. The number of hydrogen-bond donors (Lipinski definition) is 2. The highest BCUT2D eigenvalue weighted by Crippen LogP contribution is 2.23. The Balaban J connectivity index is 1.78. The number of nitrogens with two attached hydrogens (primary N) is 1. The van der Waals surface area contributed by atoms with Gasteiger partial charge in [-0.15, -0.1) is 0 Å². The molecule has 0 atom stereocenters. The molecule has 3 nitrogen and oxygen atoms in total. The van der Waals surface area contributed by atoms with E-state index in [1.165, 1.54) is 31.2 Å². The van der Waals surface area contributed by atoms with Crippen molar-refractivity contribution in [1.82, 2.24) is 5.32 Å². The van der Waals surface area contributed by atoms with E-state index < -0.39 is 0 Å². The van der Waals surface area contributed by atoms with Crippen molar-refractivity contribution >= 4 is 5.69 Å². The zero-order valence-corrected chi connectivity index (χ0v) is 12.0. The number of ether oxygens (including phenoxy) is 1. The molecule has 1 aromatic carbocycles. The highest BCUT2D eigenvalue weighted by molar-refractivity contribution is 5.54. The number of anilines is 1. The van der Waals surface area contributed by atoms with E-state index in [-0.39, 0.29) is 0 Å². The quantitative estimate of drug-likeness (QED) is 0.742. The van der Waals surface area contributed by atoms with Crippen molar-refractivity contribution in [1.29, 1.82) is 0 Å². The lowest BCUT2D eigenvalue weighted by Gasteiger charge is -2.13. The molecular weight excluding hydrogens is 236 g/mol. The zero-order valence-electron chi connectivity index (χ0n) is 12.0. The first-order valence-corrected chi connectivity index (χ1v) is 7.54. The highest BCUT2D eigenvalue weighted by atomic mass is 16.5. The maximum atomic E-state index is 6.01. The van der Waals surface area contributed by atoms with Crippen molar-refractivity contribution in [2.75, 3.05) is 18.9 Å². The van der Waals surface area contributed by atoms with Crippen LogP contribution in [0.3, 0.4) is 0 Å². The van der Waals surface area contributed by atoms with E-state index in [0.717, 1.165) is 43.5 Å². The molecule has 2 rings (SSSR count). The van der Waals surface area contributed by atoms with E-state index in [1.54, 1.807) is 0 Å². The summed E-state index contributed by atoms with van der Waals surface area (Å²) in [5.74, 6) is 0.814. The molecule has 1 fully saturated rings. The van der Waals surface area contributed by atoms with Gasteiger partial charge >= 0.3 is 0 Å². The molecule has 1 saturated carbocycles. The largest absolute Gasteiger partial charge is 0.491 e. The van der Waals surface area contributed by atoms with Crippen LogP contribution in [0.1, 0.15) is 44.6 Å². The van der Waals surface area contributed by atoms with E-state index in [9.17, 15) is 0 Å². The van der Waals surface area contributed by atoms with Gasteiger partial charge < -0.3 is 15.8 Å². The predicted molar refractivity (Wildman–Crippen MR) is 80.6 cm³/mol. The van der Waals surface area contributed by atoms with Crippen LogP contribution in [0.2, 0.25) is 0 Å². The van der Waals surface area contributed by atoms with Crippen LogP contribution in [0.15, 0.2) is 18.2 Å². The maximum absolute atomic E-state index is 6.01. The lowest BCUT2D eigenvalue weighted by molar-refractivity contribution is 0.319. The molecule has 19 heavy (non-hydrogen) atoms. The molecule has 0 amide bonds. The van der Waals surface area contributed by atoms with Gasteiger partial charge in [0.2, 0.25) is 0 Å². The van der Waals surface area contributed by atoms with Crippen LogP contribution in [-0.4, -0.2) is 19.2 Å². The fourth-order valence-electron chi connectivity index (χ4n) is 2.65. The third-order valence-electron chi connectivity index (χ3n) is 3.74. The average molecular weight is 262 g/mol. The number of nitrogens with one attached hydrogen (secondary N) is 1. The van der Waals surface area contributed by atoms with E-state index in [4.69, 9.17) is 10.5 Å².